The summed E-state index contributed by atoms with van der Waals surface area (Å²) in [5, 5.41) is 0. The lowest BCUT2D eigenvalue weighted by atomic mass is 9.69. The van der Waals surface area contributed by atoms with E-state index in [1.165, 1.54) is 65.4 Å². The van der Waals surface area contributed by atoms with Gasteiger partial charge in [0.2, 0.25) is 0 Å². The molecule has 0 saturated heterocycles. The van der Waals surface area contributed by atoms with E-state index in [-0.39, 0.29) is 0 Å². The van der Waals surface area contributed by atoms with Crippen LogP contribution in [0.25, 0.3) is 88.4 Å². The predicted octanol–water partition coefficient (Wildman–Crippen LogP) is 14.3. The summed E-state index contributed by atoms with van der Waals surface area (Å²) in [6.07, 6.45) is 0. The largest absolute Gasteiger partial charge is 0.208 e. The third kappa shape index (κ3) is 5.24. The Morgan fingerprint density at radius 1 is 0.300 bits per heavy atom. The Balaban J connectivity index is 1.08. The van der Waals surface area contributed by atoms with Crippen LogP contribution in [0.1, 0.15) is 22.3 Å². The van der Waals surface area contributed by atoms with Crippen molar-refractivity contribution in [2.75, 3.05) is 0 Å². The number of hydrogen-bond donors (Lipinski definition) is 0. The normalized spacial score (nSPS) is 14.4. The molecule has 0 fully saturated rings. The van der Waals surface area contributed by atoms with Crippen molar-refractivity contribution in [3.05, 3.63) is 235 Å². The highest BCUT2D eigenvalue weighted by Gasteiger charge is 2.54. The minimum Gasteiger partial charge on any atom is -0.208 e. The summed E-state index contributed by atoms with van der Waals surface area (Å²) in [7, 11) is 0. The van der Waals surface area contributed by atoms with Crippen molar-refractivity contribution in [3.63, 3.8) is 0 Å². The van der Waals surface area contributed by atoms with Crippen LogP contribution in [0.3, 0.4) is 0 Å². The van der Waals surface area contributed by atoms with Gasteiger partial charge in [-0.1, -0.05) is 200 Å². The zero-order chi connectivity index (χ0) is 39.6. The Kier molecular flexibility index (Phi) is 7.94. The summed E-state index contributed by atoms with van der Waals surface area (Å²) in [5.74, 6) is 1.94. The molecule has 280 valence electrons. The molecule has 10 aromatic rings. The van der Waals surface area contributed by atoms with E-state index < -0.39 is 5.41 Å². The molecular weight excluding hydrogens is 747 g/mol. The monoisotopic (exact) mass is 781 g/mol. The lowest BCUT2D eigenvalue weighted by Gasteiger charge is -2.31. The molecule has 1 unspecified atom stereocenters. The van der Waals surface area contributed by atoms with E-state index in [0.717, 1.165) is 27.8 Å². The average Bonchev–Trinajstić information content (AvgIpc) is 3.97. The first kappa shape index (κ1) is 34.5. The molecule has 60 heavy (non-hydrogen) atoms. The number of fused-ring (bicyclic) bond motifs is 10. The van der Waals surface area contributed by atoms with Gasteiger partial charge in [0.15, 0.2) is 17.5 Å². The second-order valence-electron chi connectivity index (χ2n) is 15.5. The highest BCUT2D eigenvalue weighted by Crippen LogP contribution is 2.68. The van der Waals surface area contributed by atoms with E-state index in [9.17, 15) is 0 Å². The van der Waals surface area contributed by atoms with Crippen molar-refractivity contribution in [2.45, 2.75) is 5.41 Å². The fourth-order valence-corrected chi connectivity index (χ4v) is 11.0. The zero-order valence-corrected chi connectivity index (χ0v) is 33.3. The van der Waals surface area contributed by atoms with Gasteiger partial charge >= 0.3 is 0 Å². The molecule has 4 heteroatoms. The summed E-state index contributed by atoms with van der Waals surface area (Å²) in [5.41, 5.74) is 17.6. The van der Waals surface area contributed by atoms with Crippen molar-refractivity contribution in [1.82, 2.24) is 15.0 Å². The Morgan fingerprint density at radius 2 is 0.733 bits per heavy atom. The van der Waals surface area contributed by atoms with Gasteiger partial charge in [0.25, 0.3) is 0 Å². The third-order valence-corrected chi connectivity index (χ3v) is 13.4. The molecule has 12 rings (SSSR count). The molecule has 0 N–H and O–H groups in total. The second kappa shape index (κ2) is 13.8. The standard InChI is InChI=1S/C56H35N3S/c1-5-18-36(19-6-1)51-49-45-29-14-16-31-47(45)56(50(49)52(60-51)37-20-7-2-8-21-37)46-30-15-13-28-43(46)44-33-32-41(35-48(44)56)40-26-17-27-42(34-40)55-58-53(38-22-9-3-10-23-38)57-54(59-55)39-24-11-4-12-25-39/h1-35H. The molecule has 1 spiro atoms. The van der Waals surface area contributed by atoms with Crippen LogP contribution < -0.4 is 0 Å². The lowest BCUT2D eigenvalue weighted by molar-refractivity contribution is 0.799. The molecule has 0 bridgehead atoms. The van der Waals surface area contributed by atoms with Gasteiger partial charge in [-0.3, -0.25) is 0 Å². The maximum atomic E-state index is 5.07. The Bertz CT molecular complexity index is 3190. The van der Waals surface area contributed by atoms with E-state index >= 15 is 0 Å². The first-order valence-electron chi connectivity index (χ1n) is 20.4. The molecule has 0 aliphatic heterocycles. The van der Waals surface area contributed by atoms with Gasteiger partial charge in [0.1, 0.15) is 0 Å². The topological polar surface area (TPSA) is 38.7 Å². The second-order valence-corrected chi connectivity index (χ2v) is 16.5. The van der Waals surface area contributed by atoms with Crippen molar-refractivity contribution in [2.24, 2.45) is 0 Å². The van der Waals surface area contributed by atoms with Gasteiger partial charge in [-0.05, 0) is 73.3 Å². The minimum atomic E-state index is -0.524. The van der Waals surface area contributed by atoms with Crippen LogP contribution in [0, 0.1) is 0 Å². The van der Waals surface area contributed by atoms with E-state index in [4.69, 9.17) is 15.0 Å². The summed E-state index contributed by atoms with van der Waals surface area (Å²) in [6, 6.07) is 76.2. The lowest BCUT2D eigenvalue weighted by Crippen LogP contribution is -2.26. The van der Waals surface area contributed by atoms with E-state index in [1.807, 2.05) is 47.7 Å². The molecule has 0 amide bonds. The van der Waals surface area contributed by atoms with Crippen LogP contribution >= 0.6 is 11.3 Å². The Morgan fingerprint density at radius 3 is 1.35 bits per heavy atom. The predicted molar refractivity (Wildman–Crippen MR) is 247 cm³/mol. The molecule has 8 aromatic carbocycles. The van der Waals surface area contributed by atoms with Crippen LogP contribution in [0.2, 0.25) is 0 Å². The van der Waals surface area contributed by atoms with E-state index in [1.54, 1.807) is 0 Å². The minimum absolute atomic E-state index is 0.524. The van der Waals surface area contributed by atoms with Crippen LogP contribution in [0.15, 0.2) is 212 Å². The summed E-state index contributed by atoms with van der Waals surface area (Å²) < 4.78 is 0. The number of thiophene rings is 1. The number of hydrogen-bond acceptors (Lipinski definition) is 4. The van der Waals surface area contributed by atoms with Crippen molar-refractivity contribution in [3.8, 4) is 88.4 Å². The number of nitrogens with zero attached hydrogens (tertiary/aromatic N) is 3. The van der Waals surface area contributed by atoms with Gasteiger partial charge in [0, 0.05) is 32.0 Å². The van der Waals surface area contributed by atoms with Gasteiger partial charge in [-0.25, -0.2) is 15.0 Å². The first-order valence-corrected chi connectivity index (χ1v) is 21.2. The molecule has 2 aliphatic rings. The van der Waals surface area contributed by atoms with Crippen molar-refractivity contribution < 1.29 is 0 Å². The van der Waals surface area contributed by atoms with E-state index in [0.29, 0.717) is 17.5 Å². The number of rotatable bonds is 6. The highest BCUT2D eigenvalue weighted by atomic mass is 32.1. The van der Waals surface area contributed by atoms with Crippen molar-refractivity contribution >= 4 is 11.3 Å². The number of aromatic nitrogens is 3. The maximum absolute atomic E-state index is 5.07. The summed E-state index contributed by atoms with van der Waals surface area (Å²) >= 11 is 1.92. The average molecular weight is 782 g/mol. The summed E-state index contributed by atoms with van der Waals surface area (Å²) in [4.78, 5) is 17.7. The fourth-order valence-electron chi connectivity index (χ4n) is 9.59. The quantitative estimate of drug-likeness (QED) is 0.169. The maximum Gasteiger partial charge on any atom is 0.164 e. The van der Waals surface area contributed by atoms with Gasteiger partial charge in [-0.2, -0.15) is 0 Å². The third-order valence-electron chi connectivity index (χ3n) is 12.2. The summed E-state index contributed by atoms with van der Waals surface area (Å²) in [6.45, 7) is 0. The van der Waals surface area contributed by atoms with Gasteiger partial charge in [-0.15, -0.1) is 11.3 Å². The Hall–Kier alpha value is -7.53. The zero-order valence-electron chi connectivity index (χ0n) is 32.5. The van der Waals surface area contributed by atoms with Crippen LogP contribution in [-0.2, 0) is 5.41 Å². The molecule has 2 aromatic heterocycles. The SMILES string of the molecule is c1ccc(-c2nc(-c3ccccc3)nc(-c3cccc(-c4ccc5c(c4)C4(c6ccccc6-5)c5ccccc5-c5c(-c6ccccc6)sc(-c6ccccc6)c54)c3)n2)cc1. The fraction of sp³-hybridized carbons (Fsp3) is 0.0179. The van der Waals surface area contributed by atoms with Crippen LogP contribution in [-0.4, -0.2) is 15.0 Å². The highest BCUT2D eigenvalue weighted by molar-refractivity contribution is 7.19. The van der Waals surface area contributed by atoms with Crippen LogP contribution in [0.5, 0.6) is 0 Å². The van der Waals surface area contributed by atoms with Crippen molar-refractivity contribution in [1.29, 1.82) is 0 Å². The number of benzene rings is 8. The molecule has 0 saturated carbocycles. The van der Waals surface area contributed by atoms with Gasteiger partial charge in [0.05, 0.1) is 5.41 Å². The molecule has 3 nitrogen and oxygen atoms in total. The molecular formula is C56H35N3S. The molecule has 1 atom stereocenters. The molecule has 0 radical (unpaired) electrons. The molecule has 2 heterocycles. The Labute approximate surface area is 353 Å². The van der Waals surface area contributed by atoms with Crippen LogP contribution in [0.4, 0.5) is 0 Å². The first-order chi connectivity index (χ1) is 29.8. The smallest absolute Gasteiger partial charge is 0.164 e. The molecule has 2 aliphatic carbocycles. The van der Waals surface area contributed by atoms with E-state index in [2.05, 4.69) is 176 Å². The van der Waals surface area contributed by atoms with Gasteiger partial charge < -0.3 is 0 Å².